The summed E-state index contributed by atoms with van der Waals surface area (Å²) >= 11 is 6.07. The number of hydrogen-bond donors (Lipinski definition) is 1. The summed E-state index contributed by atoms with van der Waals surface area (Å²) in [5, 5.41) is 3.05. The third-order valence-electron chi connectivity index (χ3n) is 4.28. The first-order chi connectivity index (χ1) is 13.5. The van der Waals surface area contributed by atoms with E-state index in [1.54, 1.807) is 36.4 Å². The number of amides is 1. The average Bonchev–Trinajstić information content (AvgIpc) is 3.21. The fourth-order valence-electron chi connectivity index (χ4n) is 2.77. The lowest BCUT2D eigenvalue weighted by Gasteiger charge is -2.12. The van der Waals surface area contributed by atoms with Gasteiger partial charge in [0, 0.05) is 6.61 Å². The summed E-state index contributed by atoms with van der Waals surface area (Å²) in [6.07, 6.45) is 2.19. The predicted molar refractivity (Wildman–Crippen MR) is 106 cm³/mol. The van der Waals surface area contributed by atoms with E-state index in [0.717, 1.165) is 25.0 Å². The van der Waals surface area contributed by atoms with E-state index in [4.69, 9.17) is 25.8 Å². The van der Waals surface area contributed by atoms with Crippen LogP contribution in [0.15, 0.2) is 42.5 Å². The molecule has 0 bridgehead atoms. The molecule has 0 aliphatic carbocycles. The summed E-state index contributed by atoms with van der Waals surface area (Å²) in [6, 6.07) is 11.9. The van der Waals surface area contributed by atoms with Crippen LogP contribution in [0, 0.1) is 6.92 Å². The van der Waals surface area contributed by atoms with Crippen molar-refractivity contribution in [2.24, 2.45) is 0 Å². The van der Waals surface area contributed by atoms with E-state index in [9.17, 15) is 9.59 Å². The second kappa shape index (κ2) is 9.57. The van der Waals surface area contributed by atoms with E-state index in [1.807, 2.05) is 13.0 Å². The first kappa shape index (κ1) is 20.2. The average molecular weight is 404 g/mol. The SMILES string of the molecule is Cc1ccc(NC(=O)COC(=O)c2ccc(OC[C@@H]3CCCO3)cc2)c(Cl)c1. The predicted octanol–water partition coefficient (Wildman–Crippen LogP) is 4.00. The molecular weight excluding hydrogens is 382 g/mol. The van der Waals surface area contributed by atoms with E-state index < -0.39 is 18.5 Å². The summed E-state index contributed by atoms with van der Waals surface area (Å²) in [6.45, 7) is 2.77. The Hall–Kier alpha value is -2.57. The number of halogens is 1. The fraction of sp³-hybridized carbons (Fsp3) is 0.333. The van der Waals surface area contributed by atoms with E-state index in [0.29, 0.717) is 28.6 Å². The van der Waals surface area contributed by atoms with Crippen LogP contribution < -0.4 is 10.1 Å². The second-order valence-corrected chi connectivity index (χ2v) is 6.99. The van der Waals surface area contributed by atoms with Crippen molar-refractivity contribution >= 4 is 29.2 Å². The zero-order chi connectivity index (χ0) is 19.9. The molecule has 0 radical (unpaired) electrons. The lowest BCUT2D eigenvalue weighted by Crippen LogP contribution is -2.21. The third kappa shape index (κ3) is 5.71. The summed E-state index contributed by atoms with van der Waals surface area (Å²) in [4.78, 5) is 24.1. The number of hydrogen-bond acceptors (Lipinski definition) is 5. The number of esters is 1. The maximum absolute atomic E-state index is 12.1. The molecular formula is C21H22ClNO5. The van der Waals surface area contributed by atoms with Crippen molar-refractivity contribution in [1.82, 2.24) is 0 Å². The Morgan fingerprint density at radius 2 is 2.00 bits per heavy atom. The molecule has 1 saturated heterocycles. The highest BCUT2D eigenvalue weighted by Gasteiger charge is 2.16. The number of anilines is 1. The Balaban J connectivity index is 1.45. The van der Waals surface area contributed by atoms with E-state index in [2.05, 4.69) is 5.32 Å². The maximum atomic E-state index is 12.1. The van der Waals surface area contributed by atoms with E-state index >= 15 is 0 Å². The number of ether oxygens (including phenoxy) is 3. The zero-order valence-electron chi connectivity index (χ0n) is 15.6. The van der Waals surface area contributed by atoms with Crippen LogP contribution in [0.3, 0.4) is 0 Å². The molecule has 1 N–H and O–H groups in total. The molecule has 7 heteroatoms. The largest absolute Gasteiger partial charge is 0.491 e. The van der Waals surface area contributed by atoms with Crippen molar-refractivity contribution in [2.45, 2.75) is 25.9 Å². The van der Waals surface area contributed by atoms with Gasteiger partial charge < -0.3 is 19.5 Å². The van der Waals surface area contributed by atoms with Gasteiger partial charge in [0.2, 0.25) is 0 Å². The molecule has 6 nitrogen and oxygen atoms in total. The Bertz CT molecular complexity index is 831. The molecule has 2 aromatic rings. The Morgan fingerprint density at radius 3 is 2.68 bits per heavy atom. The number of rotatable bonds is 7. The molecule has 1 amide bonds. The van der Waals surface area contributed by atoms with Gasteiger partial charge in [-0.2, -0.15) is 0 Å². The molecule has 1 atom stereocenters. The van der Waals surface area contributed by atoms with Crippen LogP contribution in [0.1, 0.15) is 28.8 Å². The summed E-state index contributed by atoms with van der Waals surface area (Å²) in [5.74, 6) is -0.398. The first-order valence-electron chi connectivity index (χ1n) is 9.09. The number of aryl methyl sites for hydroxylation is 1. The van der Waals surface area contributed by atoms with Gasteiger partial charge in [-0.3, -0.25) is 4.79 Å². The van der Waals surface area contributed by atoms with Gasteiger partial charge in [0.15, 0.2) is 6.61 Å². The van der Waals surface area contributed by atoms with Gasteiger partial charge in [-0.25, -0.2) is 4.79 Å². The zero-order valence-corrected chi connectivity index (χ0v) is 16.3. The van der Waals surface area contributed by atoms with Gasteiger partial charge in [-0.05, 0) is 61.7 Å². The monoisotopic (exact) mass is 403 g/mol. The van der Waals surface area contributed by atoms with Crippen molar-refractivity contribution in [3.63, 3.8) is 0 Å². The van der Waals surface area contributed by atoms with Crippen LogP contribution in [0.5, 0.6) is 5.75 Å². The third-order valence-corrected chi connectivity index (χ3v) is 4.60. The lowest BCUT2D eigenvalue weighted by atomic mass is 10.2. The smallest absolute Gasteiger partial charge is 0.338 e. The normalized spacial score (nSPS) is 15.9. The van der Waals surface area contributed by atoms with Crippen LogP contribution in [0.2, 0.25) is 5.02 Å². The molecule has 0 unspecified atom stereocenters. The molecule has 1 heterocycles. The molecule has 1 fully saturated rings. The van der Waals surface area contributed by atoms with Crippen molar-refractivity contribution in [3.8, 4) is 5.75 Å². The van der Waals surface area contributed by atoms with Crippen molar-refractivity contribution in [1.29, 1.82) is 0 Å². The second-order valence-electron chi connectivity index (χ2n) is 6.58. The minimum atomic E-state index is -0.587. The Morgan fingerprint density at radius 1 is 1.21 bits per heavy atom. The standard InChI is InChI=1S/C21H22ClNO5/c1-14-4-9-19(18(22)11-14)23-20(24)13-28-21(25)15-5-7-16(8-6-15)27-12-17-3-2-10-26-17/h4-9,11,17H,2-3,10,12-13H2,1H3,(H,23,24)/t17-/m0/s1. The molecule has 1 aliphatic heterocycles. The highest BCUT2D eigenvalue weighted by Crippen LogP contribution is 2.22. The molecule has 2 aromatic carbocycles. The minimum absolute atomic E-state index is 0.130. The number of carbonyl (C=O) groups excluding carboxylic acids is 2. The van der Waals surface area contributed by atoms with Gasteiger partial charge in [0.05, 0.1) is 22.4 Å². The highest BCUT2D eigenvalue weighted by molar-refractivity contribution is 6.33. The molecule has 148 valence electrons. The molecule has 0 aromatic heterocycles. The quantitative estimate of drug-likeness (QED) is 0.707. The fourth-order valence-corrected chi connectivity index (χ4v) is 3.06. The van der Waals surface area contributed by atoms with Crippen molar-refractivity contribution < 1.29 is 23.8 Å². The van der Waals surface area contributed by atoms with Gasteiger partial charge in [-0.1, -0.05) is 17.7 Å². The lowest BCUT2D eigenvalue weighted by molar-refractivity contribution is -0.119. The van der Waals surface area contributed by atoms with E-state index in [-0.39, 0.29) is 6.10 Å². The van der Waals surface area contributed by atoms with Crippen LogP contribution in [0.25, 0.3) is 0 Å². The summed E-state index contributed by atoms with van der Waals surface area (Å²) in [5.41, 5.74) is 1.80. The topological polar surface area (TPSA) is 73.9 Å². The molecule has 28 heavy (non-hydrogen) atoms. The van der Waals surface area contributed by atoms with Crippen molar-refractivity contribution in [3.05, 3.63) is 58.6 Å². The number of nitrogens with one attached hydrogen (secondary N) is 1. The molecule has 3 rings (SSSR count). The first-order valence-corrected chi connectivity index (χ1v) is 9.46. The Labute approximate surface area is 168 Å². The molecule has 1 aliphatic rings. The molecule has 0 spiro atoms. The number of carbonyl (C=O) groups is 2. The maximum Gasteiger partial charge on any atom is 0.338 e. The Kier molecular flexibility index (Phi) is 6.90. The van der Waals surface area contributed by atoms with Crippen LogP contribution in [0.4, 0.5) is 5.69 Å². The van der Waals surface area contributed by atoms with Crippen LogP contribution in [-0.4, -0.2) is 37.8 Å². The van der Waals surface area contributed by atoms with Gasteiger partial charge in [0.1, 0.15) is 12.4 Å². The van der Waals surface area contributed by atoms with Crippen LogP contribution in [-0.2, 0) is 14.3 Å². The van der Waals surface area contributed by atoms with E-state index in [1.165, 1.54) is 0 Å². The molecule has 0 saturated carbocycles. The van der Waals surface area contributed by atoms with Crippen molar-refractivity contribution in [2.75, 3.05) is 25.1 Å². The highest BCUT2D eigenvalue weighted by atomic mass is 35.5. The minimum Gasteiger partial charge on any atom is -0.491 e. The van der Waals surface area contributed by atoms with Gasteiger partial charge in [0.25, 0.3) is 5.91 Å². The summed E-state index contributed by atoms with van der Waals surface area (Å²) in [7, 11) is 0. The number of benzene rings is 2. The van der Waals surface area contributed by atoms with Crippen LogP contribution >= 0.6 is 11.6 Å². The van der Waals surface area contributed by atoms with Gasteiger partial charge >= 0.3 is 5.97 Å². The summed E-state index contributed by atoms with van der Waals surface area (Å²) < 4.78 is 16.2. The van der Waals surface area contributed by atoms with Gasteiger partial charge in [-0.15, -0.1) is 0 Å².